The van der Waals surface area contributed by atoms with E-state index in [1.54, 1.807) is 17.8 Å². The number of benzene rings is 2. The molecule has 0 atom stereocenters. The molecule has 1 aliphatic carbocycles. The highest BCUT2D eigenvalue weighted by atomic mass is 32.2. The minimum absolute atomic E-state index is 0.209. The van der Waals surface area contributed by atoms with Crippen LogP contribution in [-0.4, -0.2) is 46.1 Å². The van der Waals surface area contributed by atoms with Gasteiger partial charge in [-0.05, 0) is 74.5 Å². The molecule has 0 spiro atoms. The van der Waals surface area contributed by atoms with Crippen LogP contribution in [0.3, 0.4) is 0 Å². The van der Waals surface area contributed by atoms with Crippen molar-refractivity contribution >= 4 is 17.7 Å². The molecular formula is C29H35FN2O3S. The lowest BCUT2D eigenvalue weighted by atomic mass is 9.82. The summed E-state index contributed by atoms with van der Waals surface area (Å²) in [6.07, 6.45) is 7.07. The number of nitrogens with zero attached hydrogens (tertiary/aromatic N) is 2. The largest absolute Gasteiger partial charge is 0.480 e. The van der Waals surface area contributed by atoms with Gasteiger partial charge in [-0.1, -0.05) is 42.5 Å². The number of hydrogen-bond donors (Lipinski definition) is 1. The van der Waals surface area contributed by atoms with Crippen LogP contribution in [0.2, 0.25) is 0 Å². The summed E-state index contributed by atoms with van der Waals surface area (Å²) in [5, 5.41) is 13.9. The Morgan fingerprint density at radius 2 is 1.86 bits per heavy atom. The Morgan fingerprint density at radius 1 is 1.14 bits per heavy atom. The van der Waals surface area contributed by atoms with Crippen LogP contribution >= 0.6 is 11.8 Å². The van der Waals surface area contributed by atoms with Gasteiger partial charge in [0.05, 0.1) is 6.61 Å². The molecule has 5 nitrogen and oxygen atoms in total. The molecule has 1 aromatic heterocycles. The molecule has 1 saturated carbocycles. The number of aromatic nitrogens is 2. The molecular weight excluding hydrogens is 475 g/mol. The number of aryl methyl sites for hydroxylation is 1. The van der Waals surface area contributed by atoms with E-state index in [-0.39, 0.29) is 12.4 Å². The van der Waals surface area contributed by atoms with Crippen molar-refractivity contribution in [2.75, 3.05) is 25.2 Å². The quantitative estimate of drug-likeness (QED) is 0.320. The van der Waals surface area contributed by atoms with Crippen molar-refractivity contribution in [3.63, 3.8) is 0 Å². The van der Waals surface area contributed by atoms with Gasteiger partial charge in [0.1, 0.15) is 18.1 Å². The maximum absolute atomic E-state index is 15.3. The minimum Gasteiger partial charge on any atom is -0.480 e. The summed E-state index contributed by atoms with van der Waals surface area (Å²) in [7, 11) is 0. The lowest BCUT2D eigenvalue weighted by molar-refractivity contribution is -0.142. The van der Waals surface area contributed by atoms with Crippen molar-refractivity contribution in [1.82, 2.24) is 9.78 Å². The molecule has 192 valence electrons. The smallest absolute Gasteiger partial charge is 0.329 e. The third-order valence-electron chi connectivity index (χ3n) is 7.02. The monoisotopic (exact) mass is 510 g/mol. The third kappa shape index (κ3) is 6.56. The zero-order valence-electron chi connectivity index (χ0n) is 21.1. The molecule has 0 bridgehead atoms. The van der Waals surface area contributed by atoms with Crippen LogP contribution in [0.25, 0.3) is 22.4 Å². The summed E-state index contributed by atoms with van der Waals surface area (Å²) in [4.78, 5) is 10.7. The van der Waals surface area contributed by atoms with Crippen LogP contribution in [0.15, 0.2) is 48.5 Å². The molecule has 7 heteroatoms. The van der Waals surface area contributed by atoms with E-state index in [9.17, 15) is 4.79 Å². The number of halogens is 1. The van der Waals surface area contributed by atoms with Gasteiger partial charge in [0, 0.05) is 28.9 Å². The number of thioether (sulfide) groups is 1. The van der Waals surface area contributed by atoms with Gasteiger partial charge in [-0.2, -0.15) is 16.9 Å². The van der Waals surface area contributed by atoms with E-state index in [1.165, 1.54) is 0 Å². The average Bonchev–Trinajstić information content (AvgIpc) is 3.21. The summed E-state index contributed by atoms with van der Waals surface area (Å²) in [5.41, 5.74) is 5.35. The standard InChI is InChI=1S/C29H35FN2O3S/c1-20-8-13-24(25(30)16-20)28-26(14-15-36-2)32(31-29(28)23-6-4-3-5-7-23)17-21-9-11-22(12-10-21)18-35-19-27(33)34/h3-8,13,16,21-22H,9-12,14-15,17-19H2,1-2H3,(H,33,34). The van der Waals surface area contributed by atoms with Gasteiger partial charge in [0.15, 0.2) is 0 Å². The molecule has 0 amide bonds. The summed E-state index contributed by atoms with van der Waals surface area (Å²) >= 11 is 1.79. The van der Waals surface area contributed by atoms with Gasteiger partial charge in [-0.3, -0.25) is 4.68 Å². The zero-order chi connectivity index (χ0) is 25.5. The van der Waals surface area contributed by atoms with Gasteiger partial charge in [-0.25, -0.2) is 9.18 Å². The predicted molar refractivity (Wildman–Crippen MR) is 144 cm³/mol. The topological polar surface area (TPSA) is 64.4 Å². The molecule has 1 aliphatic rings. The molecule has 0 unspecified atom stereocenters. The second-order valence-corrected chi connectivity index (χ2v) is 10.7. The number of carbonyl (C=O) groups is 1. The lowest BCUT2D eigenvalue weighted by Crippen LogP contribution is -2.24. The van der Waals surface area contributed by atoms with E-state index in [4.69, 9.17) is 14.9 Å². The molecule has 2 aromatic carbocycles. The van der Waals surface area contributed by atoms with Gasteiger partial charge >= 0.3 is 5.97 Å². The van der Waals surface area contributed by atoms with E-state index < -0.39 is 5.97 Å². The van der Waals surface area contributed by atoms with Crippen molar-refractivity contribution in [1.29, 1.82) is 0 Å². The molecule has 0 aliphatic heterocycles. The van der Waals surface area contributed by atoms with Crippen molar-refractivity contribution in [3.8, 4) is 22.4 Å². The highest BCUT2D eigenvalue weighted by molar-refractivity contribution is 7.98. The maximum atomic E-state index is 15.3. The molecule has 1 fully saturated rings. The van der Waals surface area contributed by atoms with Crippen LogP contribution < -0.4 is 0 Å². The highest BCUT2D eigenvalue weighted by Gasteiger charge is 2.27. The van der Waals surface area contributed by atoms with E-state index in [0.29, 0.717) is 24.0 Å². The Balaban J connectivity index is 1.63. The fraction of sp³-hybridized carbons (Fsp3) is 0.448. The normalized spacial score (nSPS) is 17.9. The van der Waals surface area contributed by atoms with Crippen molar-refractivity contribution in [3.05, 3.63) is 65.6 Å². The molecule has 1 N–H and O–H groups in total. The van der Waals surface area contributed by atoms with Gasteiger partial charge in [-0.15, -0.1) is 0 Å². The number of ether oxygens (including phenoxy) is 1. The van der Waals surface area contributed by atoms with Crippen molar-refractivity contribution in [2.45, 2.75) is 45.6 Å². The summed E-state index contributed by atoms with van der Waals surface area (Å²) in [6, 6.07) is 15.5. The molecule has 1 heterocycles. The van der Waals surface area contributed by atoms with Gasteiger partial charge in [0.25, 0.3) is 0 Å². The molecule has 36 heavy (non-hydrogen) atoms. The minimum atomic E-state index is -0.921. The Labute approximate surface area is 217 Å². The fourth-order valence-corrected chi connectivity index (χ4v) is 5.54. The number of carboxylic acids is 1. The first-order valence-corrected chi connectivity index (χ1v) is 14.1. The van der Waals surface area contributed by atoms with Crippen LogP contribution in [0.1, 0.15) is 36.9 Å². The van der Waals surface area contributed by atoms with Gasteiger partial charge in [0.2, 0.25) is 0 Å². The van der Waals surface area contributed by atoms with E-state index in [2.05, 4.69) is 10.9 Å². The Hall–Kier alpha value is -2.64. The Kier molecular flexibility index (Phi) is 9.21. The van der Waals surface area contributed by atoms with Crippen molar-refractivity contribution < 1.29 is 19.0 Å². The molecule has 3 aromatic rings. The second kappa shape index (κ2) is 12.5. The van der Waals surface area contributed by atoms with Crippen LogP contribution in [0.4, 0.5) is 4.39 Å². The highest BCUT2D eigenvalue weighted by Crippen LogP contribution is 2.38. The van der Waals surface area contributed by atoms with E-state index in [0.717, 1.165) is 72.5 Å². The van der Waals surface area contributed by atoms with Crippen LogP contribution in [-0.2, 0) is 22.5 Å². The third-order valence-corrected chi connectivity index (χ3v) is 7.63. The predicted octanol–water partition coefficient (Wildman–Crippen LogP) is 6.48. The van der Waals surface area contributed by atoms with E-state index in [1.807, 2.05) is 49.4 Å². The summed E-state index contributed by atoms with van der Waals surface area (Å²) in [5.74, 6) is 0.696. The number of rotatable bonds is 11. The van der Waals surface area contributed by atoms with Crippen molar-refractivity contribution in [2.24, 2.45) is 11.8 Å². The molecule has 4 rings (SSSR count). The first-order chi connectivity index (χ1) is 17.5. The summed E-state index contributed by atoms with van der Waals surface area (Å²) < 4.78 is 22.8. The lowest BCUT2D eigenvalue weighted by Gasteiger charge is -2.28. The number of carboxylic acid groups (broad SMARTS) is 1. The first-order valence-electron chi connectivity index (χ1n) is 12.7. The summed E-state index contributed by atoms with van der Waals surface area (Å²) in [6.45, 7) is 2.99. The molecule has 0 saturated heterocycles. The maximum Gasteiger partial charge on any atom is 0.329 e. The van der Waals surface area contributed by atoms with Crippen LogP contribution in [0, 0.1) is 24.6 Å². The van der Waals surface area contributed by atoms with Crippen LogP contribution in [0.5, 0.6) is 0 Å². The Morgan fingerprint density at radius 3 is 2.53 bits per heavy atom. The Bertz CT molecular complexity index is 1160. The van der Waals surface area contributed by atoms with E-state index >= 15 is 4.39 Å². The SMILES string of the molecule is CSCCc1c(-c2ccc(C)cc2F)c(-c2ccccc2)nn1CC1CCC(COCC(=O)O)CC1. The van der Waals surface area contributed by atoms with Gasteiger partial charge < -0.3 is 9.84 Å². The number of hydrogen-bond acceptors (Lipinski definition) is 4. The molecule has 0 radical (unpaired) electrons. The number of aliphatic carboxylic acids is 1. The second-order valence-electron chi connectivity index (χ2n) is 9.74. The zero-order valence-corrected chi connectivity index (χ0v) is 21.9. The average molecular weight is 511 g/mol. The first kappa shape index (κ1) is 26.4. The fourth-order valence-electron chi connectivity index (χ4n) is 5.14.